The van der Waals surface area contributed by atoms with E-state index in [1.165, 1.54) is 17.7 Å². The molecule has 0 spiro atoms. The molecule has 1 rings (SSSR count). The molecule has 0 unspecified atom stereocenters. The molecule has 0 aliphatic heterocycles. The van der Waals surface area contributed by atoms with Gasteiger partial charge >= 0.3 is 5.97 Å². The fraction of sp³-hybridized carbons (Fsp3) is 0.500. The van der Waals surface area contributed by atoms with Crippen LogP contribution >= 0.6 is 11.5 Å². The number of carbonyl (C=O) groups is 1. The summed E-state index contributed by atoms with van der Waals surface area (Å²) in [6.45, 7) is 4.60. The molecule has 1 aromatic rings. The van der Waals surface area contributed by atoms with Gasteiger partial charge < -0.3 is 10.4 Å². The molecule has 0 saturated carbocycles. The Bertz CT molecular complexity index is 296. The van der Waals surface area contributed by atoms with Gasteiger partial charge in [-0.15, -0.1) is 0 Å². The number of nitrogens with zero attached hydrogens (tertiary/aromatic N) is 1. The maximum absolute atomic E-state index is 10.7. The summed E-state index contributed by atoms with van der Waals surface area (Å²) in [5, 5.41) is 11.9. The number of nitrogens with one attached hydrogen (secondary N) is 1. The van der Waals surface area contributed by atoms with Gasteiger partial charge in [-0.05, 0) is 11.5 Å². The number of carboxylic acids is 1. The van der Waals surface area contributed by atoms with E-state index < -0.39 is 5.97 Å². The lowest BCUT2D eigenvalue weighted by Gasteiger charge is -2.05. The molecule has 0 radical (unpaired) electrons. The monoisotopic (exact) mass is 200 g/mol. The third kappa shape index (κ3) is 2.78. The second-order valence-corrected chi connectivity index (χ2v) is 3.89. The van der Waals surface area contributed by atoms with Crippen molar-refractivity contribution in [1.29, 1.82) is 0 Å². The minimum atomic E-state index is -0.908. The molecule has 0 aliphatic carbocycles. The van der Waals surface area contributed by atoms with Gasteiger partial charge in [-0.25, -0.2) is 4.79 Å². The van der Waals surface area contributed by atoms with E-state index >= 15 is 0 Å². The third-order valence-corrected chi connectivity index (χ3v) is 2.34. The zero-order valence-corrected chi connectivity index (χ0v) is 8.39. The summed E-state index contributed by atoms with van der Waals surface area (Å²) < 4.78 is 3.84. The number of hydrogen-bond donors (Lipinski definition) is 2. The Morgan fingerprint density at radius 3 is 3.00 bits per heavy atom. The van der Waals surface area contributed by atoms with E-state index in [1.807, 2.05) is 13.8 Å². The SMILES string of the molecule is CC(C)NCc1sncc1C(=O)O. The predicted octanol–water partition coefficient (Wildman–Crippen LogP) is 1.34. The van der Waals surface area contributed by atoms with Crippen molar-refractivity contribution in [1.82, 2.24) is 9.69 Å². The molecule has 2 N–H and O–H groups in total. The van der Waals surface area contributed by atoms with Crippen molar-refractivity contribution in [3.05, 3.63) is 16.6 Å². The van der Waals surface area contributed by atoms with E-state index in [2.05, 4.69) is 9.69 Å². The first-order valence-electron chi connectivity index (χ1n) is 4.01. The minimum absolute atomic E-state index is 0.304. The Hall–Kier alpha value is -0.940. The summed E-state index contributed by atoms with van der Waals surface area (Å²) in [4.78, 5) is 11.4. The van der Waals surface area contributed by atoms with Crippen LogP contribution in [0.4, 0.5) is 0 Å². The lowest BCUT2D eigenvalue weighted by atomic mass is 10.2. The van der Waals surface area contributed by atoms with Gasteiger partial charge in [0.15, 0.2) is 0 Å². The van der Waals surface area contributed by atoms with Crippen molar-refractivity contribution in [2.24, 2.45) is 0 Å². The molecule has 0 saturated heterocycles. The van der Waals surface area contributed by atoms with Crippen molar-refractivity contribution in [3.63, 3.8) is 0 Å². The summed E-state index contributed by atoms with van der Waals surface area (Å²) in [6.07, 6.45) is 1.39. The van der Waals surface area contributed by atoms with Crippen LogP contribution in [0.2, 0.25) is 0 Å². The van der Waals surface area contributed by atoms with E-state index in [9.17, 15) is 4.79 Å². The largest absolute Gasteiger partial charge is 0.478 e. The highest BCUT2D eigenvalue weighted by molar-refractivity contribution is 7.06. The summed E-state index contributed by atoms with van der Waals surface area (Å²) in [6, 6.07) is 0.351. The van der Waals surface area contributed by atoms with Crippen LogP contribution in [0, 0.1) is 0 Å². The number of hydrogen-bond acceptors (Lipinski definition) is 4. The number of rotatable bonds is 4. The second-order valence-electron chi connectivity index (χ2n) is 3.00. The molecule has 0 atom stereocenters. The Labute approximate surface area is 80.8 Å². The van der Waals surface area contributed by atoms with E-state index in [1.54, 1.807) is 0 Å². The second kappa shape index (κ2) is 4.34. The fourth-order valence-electron chi connectivity index (χ4n) is 0.863. The third-order valence-electron chi connectivity index (χ3n) is 1.55. The van der Waals surface area contributed by atoms with Gasteiger partial charge in [0.1, 0.15) is 0 Å². The predicted molar refractivity (Wildman–Crippen MR) is 51.0 cm³/mol. The zero-order chi connectivity index (χ0) is 9.84. The molecule has 13 heavy (non-hydrogen) atoms. The van der Waals surface area contributed by atoms with Crippen LogP contribution in [0.25, 0.3) is 0 Å². The van der Waals surface area contributed by atoms with Gasteiger partial charge in [-0.3, -0.25) is 0 Å². The van der Waals surface area contributed by atoms with Crippen LogP contribution in [0.1, 0.15) is 29.1 Å². The summed E-state index contributed by atoms with van der Waals surface area (Å²) in [5.74, 6) is -0.908. The van der Waals surface area contributed by atoms with Gasteiger partial charge in [0, 0.05) is 12.6 Å². The molecule has 0 aromatic carbocycles. The average molecular weight is 200 g/mol. The Balaban J connectivity index is 2.65. The molecular weight excluding hydrogens is 188 g/mol. The maximum atomic E-state index is 10.7. The summed E-state index contributed by atoms with van der Waals surface area (Å²) in [7, 11) is 0. The van der Waals surface area contributed by atoms with Gasteiger partial charge in [-0.1, -0.05) is 13.8 Å². The van der Waals surface area contributed by atoms with Crippen LogP contribution in [-0.4, -0.2) is 21.5 Å². The molecule has 72 valence electrons. The first-order chi connectivity index (χ1) is 6.11. The highest BCUT2D eigenvalue weighted by atomic mass is 32.1. The number of carboxylic acid groups (broad SMARTS) is 1. The van der Waals surface area contributed by atoms with Gasteiger partial charge in [0.05, 0.1) is 16.6 Å². The fourth-order valence-corrected chi connectivity index (χ4v) is 1.53. The average Bonchev–Trinajstić information content (AvgIpc) is 2.47. The van der Waals surface area contributed by atoms with Crippen molar-refractivity contribution in [3.8, 4) is 0 Å². The van der Waals surface area contributed by atoms with Crippen LogP contribution in [0.15, 0.2) is 6.20 Å². The molecule has 1 heterocycles. The molecule has 0 aliphatic rings. The summed E-state index contributed by atoms with van der Waals surface area (Å²) >= 11 is 1.23. The molecule has 1 aromatic heterocycles. The minimum Gasteiger partial charge on any atom is -0.478 e. The van der Waals surface area contributed by atoms with Crippen LogP contribution in [-0.2, 0) is 6.54 Å². The smallest absolute Gasteiger partial charge is 0.338 e. The first kappa shape index (κ1) is 10.1. The quantitative estimate of drug-likeness (QED) is 0.770. The van der Waals surface area contributed by atoms with Gasteiger partial charge in [-0.2, -0.15) is 4.37 Å². The number of aromatic carboxylic acids is 1. The zero-order valence-electron chi connectivity index (χ0n) is 7.57. The standard InChI is InChI=1S/C8H12N2O2S/c1-5(2)9-4-7-6(8(11)12)3-10-13-7/h3,5,9H,4H2,1-2H3,(H,11,12). The molecule has 0 amide bonds. The van der Waals surface area contributed by atoms with Crippen molar-refractivity contribution >= 4 is 17.5 Å². The normalized spacial score (nSPS) is 10.7. The van der Waals surface area contributed by atoms with Gasteiger partial charge in [0.25, 0.3) is 0 Å². The van der Waals surface area contributed by atoms with Crippen LogP contribution < -0.4 is 5.32 Å². The molecular formula is C8H12N2O2S. The molecule has 5 heteroatoms. The maximum Gasteiger partial charge on any atom is 0.338 e. The van der Waals surface area contributed by atoms with E-state index in [-0.39, 0.29) is 0 Å². The van der Waals surface area contributed by atoms with Crippen molar-refractivity contribution < 1.29 is 9.90 Å². The first-order valence-corrected chi connectivity index (χ1v) is 4.79. The van der Waals surface area contributed by atoms with Gasteiger partial charge in [0.2, 0.25) is 0 Å². The Kier molecular flexibility index (Phi) is 3.39. The number of aromatic nitrogens is 1. The highest BCUT2D eigenvalue weighted by Crippen LogP contribution is 2.13. The van der Waals surface area contributed by atoms with Crippen molar-refractivity contribution in [2.75, 3.05) is 0 Å². The van der Waals surface area contributed by atoms with Crippen molar-refractivity contribution in [2.45, 2.75) is 26.4 Å². The Morgan fingerprint density at radius 2 is 2.46 bits per heavy atom. The van der Waals surface area contributed by atoms with Crippen LogP contribution in [0.3, 0.4) is 0 Å². The lowest BCUT2D eigenvalue weighted by molar-refractivity contribution is 0.0696. The van der Waals surface area contributed by atoms with E-state index in [0.29, 0.717) is 18.2 Å². The molecule has 0 fully saturated rings. The molecule has 0 bridgehead atoms. The topological polar surface area (TPSA) is 62.2 Å². The van der Waals surface area contributed by atoms with Crippen LogP contribution in [0.5, 0.6) is 0 Å². The molecule has 4 nitrogen and oxygen atoms in total. The summed E-state index contributed by atoms with van der Waals surface area (Å²) in [5.41, 5.74) is 0.304. The highest BCUT2D eigenvalue weighted by Gasteiger charge is 2.12. The van der Waals surface area contributed by atoms with E-state index in [4.69, 9.17) is 5.11 Å². The van der Waals surface area contributed by atoms with E-state index in [0.717, 1.165) is 4.88 Å². The Morgan fingerprint density at radius 1 is 1.77 bits per heavy atom. The lowest BCUT2D eigenvalue weighted by Crippen LogP contribution is -2.22.